The van der Waals surface area contributed by atoms with Crippen molar-refractivity contribution in [2.24, 2.45) is 0 Å². The number of carbonyl (C=O) groups excluding carboxylic acids is 3. The van der Waals surface area contributed by atoms with E-state index >= 15 is 0 Å². The number of rotatable bonds is 11. The first-order chi connectivity index (χ1) is 27.4. The molecule has 12 heteroatoms. The maximum Gasteiger partial charge on any atom is 0.161 e. The molecule has 6 rings (SSSR count). The minimum absolute atomic E-state index is 0.0223. The van der Waals surface area contributed by atoms with Gasteiger partial charge in [0.05, 0.1) is 32.7 Å². The van der Waals surface area contributed by atoms with Crippen LogP contribution in [-0.2, 0) is 0 Å². The highest BCUT2D eigenvalue weighted by molar-refractivity contribution is 6.37. The fraction of sp³-hybridized carbons (Fsp3) is 0.467. The van der Waals surface area contributed by atoms with Gasteiger partial charge in [-0.3, -0.25) is 24.2 Å². The molecule has 0 bridgehead atoms. The molecule has 57 heavy (non-hydrogen) atoms. The molecule has 0 spiro atoms. The average Bonchev–Trinajstić information content (AvgIpc) is 3.22. The molecule has 0 aliphatic carbocycles. The van der Waals surface area contributed by atoms with Crippen LogP contribution in [0.1, 0.15) is 77.7 Å². The predicted molar refractivity (Wildman–Crippen MR) is 236 cm³/mol. The number of carbonyl (C=O) groups is 3. The van der Waals surface area contributed by atoms with Crippen molar-refractivity contribution >= 4 is 57.6 Å². The lowest BCUT2D eigenvalue weighted by atomic mass is 10.0. The number of hydrogen-bond donors (Lipinski definition) is 0. The van der Waals surface area contributed by atoms with Crippen molar-refractivity contribution in [3.05, 3.63) is 99.6 Å². The zero-order chi connectivity index (χ0) is 41.5. The first kappa shape index (κ1) is 45.5. The summed E-state index contributed by atoms with van der Waals surface area (Å²) in [4.78, 5) is 48.6. The second kappa shape index (κ2) is 22.6. The first-order valence-corrected chi connectivity index (χ1v) is 20.8. The number of nitrogens with zero attached hydrogens (tertiary/aromatic N) is 7. The molecule has 0 amide bonds. The van der Waals surface area contributed by atoms with E-state index in [1.165, 1.54) is 13.3 Å². The van der Waals surface area contributed by atoms with E-state index in [4.69, 9.17) is 23.2 Å². The van der Waals surface area contributed by atoms with Crippen LogP contribution < -0.4 is 14.7 Å². The number of benzene rings is 3. The summed E-state index contributed by atoms with van der Waals surface area (Å²) < 4.78 is 0. The highest BCUT2D eigenvalue weighted by Gasteiger charge is 2.23. The SMILES string of the molecule is C=CCN1CCN(c2cccc(C(C)=O)c2C#N)CC1.CCCN1CCN(c2cccc(C(C)=O)c2Cl)CC1.CCN1CCN(c2cccc(C(C)=O)c2Cl)CC1. The third kappa shape index (κ3) is 12.4. The van der Waals surface area contributed by atoms with Gasteiger partial charge in [-0.1, -0.05) is 61.3 Å². The predicted octanol–water partition coefficient (Wildman–Crippen LogP) is 7.83. The fourth-order valence-corrected chi connectivity index (χ4v) is 8.23. The molecule has 3 aromatic carbocycles. The van der Waals surface area contributed by atoms with Crippen LogP contribution in [0.5, 0.6) is 0 Å². The Bertz CT molecular complexity index is 1870. The lowest BCUT2D eigenvalue weighted by Gasteiger charge is -2.36. The maximum absolute atomic E-state index is 11.6. The topological polar surface area (TPSA) is 94.4 Å². The van der Waals surface area contributed by atoms with Gasteiger partial charge in [-0.2, -0.15) is 5.26 Å². The normalized spacial score (nSPS) is 16.4. The number of nitriles is 1. The van der Waals surface area contributed by atoms with E-state index in [0.717, 1.165) is 115 Å². The van der Waals surface area contributed by atoms with Gasteiger partial charge in [0, 0.05) is 102 Å². The molecule has 10 nitrogen and oxygen atoms in total. The van der Waals surface area contributed by atoms with Crippen molar-refractivity contribution in [3.63, 3.8) is 0 Å². The summed E-state index contributed by atoms with van der Waals surface area (Å²) in [7, 11) is 0. The zero-order valence-corrected chi connectivity index (χ0v) is 35.9. The number of hydrogen-bond acceptors (Lipinski definition) is 10. The Morgan fingerprint density at radius 2 is 1.00 bits per heavy atom. The second-order valence-corrected chi connectivity index (χ2v) is 15.3. The van der Waals surface area contributed by atoms with Crippen LogP contribution in [0.2, 0.25) is 10.0 Å². The first-order valence-electron chi connectivity index (χ1n) is 20.1. The molecule has 3 aliphatic rings. The molecule has 3 fully saturated rings. The maximum atomic E-state index is 11.6. The Balaban J connectivity index is 0.000000190. The Morgan fingerprint density at radius 3 is 1.39 bits per heavy atom. The van der Waals surface area contributed by atoms with Crippen molar-refractivity contribution in [1.82, 2.24) is 14.7 Å². The molecular formula is C45H59Cl2N7O3. The third-order valence-electron chi connectivity index (χ3n) is 10.8. The zero-order valence-electron chi connectivity index (χ0n) is 34.4. The van der Waals surface area contributed by atoms with E-state index in [1.54, 1.807) is 32.0 Å². The summed E-state index contributed by atoms with van der Waals surface area (Å²) in [6.07, 6.45) is 3.10. The lowest BCUT2D eigenvalue weighted by molar-refractivity contribution is 0.100. The monoisotopic (exact) mass is 815 g/mol. The van der Waals surface area contributed by atoms with Crippen LogP contribution in [0.15, 0.2) is 67.3 Å². The van der Waals surface area contributed by atoms with Crippen molar-refractivity contribution in [2.45, 2.75) is 41.0 Å². The van der Waals surface area contributed by atoms with Crippen LogP contribution in [0.25, 0.3) is 0 Å². The van der Waals surface area contributed by atoms with E-state index in [1.807, 2.05) is 42.5 Å². The quantitative estimate of drug-likeness (QED) is 0.141. The van der Waals surface area contributed by atoms with Gasteiger partial charge in [-0.05, 0) is 76.7 Å². The van der Waals surface area contributed by atoms with Gasteiger partial charge >= 0.3 is 0 Å². The Hall–Kier alpha value is -4.24. The van der Waals surface area contributed by atoms with Gasteiger partial charge in [-0.15, -0.1) is 6.58 Å². The van der Waals surface area contributed by atoms with Gasteiger partial charge in [-0.25, -0.2) is 0 Å². The molecule has 0 radical (unpaired) electrons. The fourth-order valence-electron chi connectivity index (χ4n) is 7.47. The van der Waals surface area contributed by atoms with Crippen molar-refractivity contribution < 1.29 is 14.4 Å². The third-order valence-corrected chi connectivity index (χ3v) is 11.6. The summed E-state index contributed by atoms with van der Waals surface area (Å²) in [5.74, 6) is -0.0146. The second-order valence-electron chi connectivity index (χ2n) is 14.6. The number of Topliss-reactive ketones (excluding diaryl/α,β-unsaturated/α-hetero) is 3. The number of piperazine rings is 3. The van der Waals surface area contributed by atoms with E-state index in [0.29, 0.717) is 32.3 Å². The number of likely N-dealkylation sites (N-methyl/N-ethyl adjacent to an activating group) is 1. The highest BCUT2D eigenvalue weighted by Crippen LogP contribution is 2.32. The Labute approximate surface area is 350 Å². The van der Waals surface area contributed by atoms with E-state index in [-0.39, 0.29) is 17.3 Å². The molecule has 0 atom stereocenters. The van der Waals surface area contributed by atoms with Crippen LogP contribution >= 0.6 is 23.2 Å². The van der Waals surface area contributed by atoms with Crippen molar-refractivity contribution in [2.75, 3.05) is 113 Å². The Morgan fingerprint density at radius 1 is 0.614 bits per heavy atom. The molecule has 306 valence electrons. The van der Waals surface area contributed by atoms with Gasteiger partial charge < -0.3 is 19.6 Å². The van der Waals surface area contributed by atoms with Crippen molar-refractivity contribution in [3.8, 4) is 6.07 Å². The Kier molecular flexibility index (Phi) is 18.1. The van der Waals surface area contributed by atoms with Crippen LogP contribution in [0.4, 0.5) is 17.1 Å². The largest absolute Gasteiger partial charge is 0.368 e. The summed E-state index contributed by atoms with van der Waals surface area (Å²) in [5.41, 5.74) is 5.10. The summed E-state index contributed by atoms with van der Waals surface area (Å²) in [5, 5.41) is 10.6. The van der Waals surface area contributed by atoms with Crippen molar-refractivity contribution in [1.29, 1.82) is 5.26 Å². The van der Waals surface area contributed by atoms with Crippen LogP contribution in [-0.4, -0.2) is 130 Å². The molecular weight excluding hydrogens is 757 g/mol. The number of ketones is 3. The standard InChI is InChI=1S/C16H19N3O.C15H21ClN2O.C14H19ClN2O/c1-3-7-18-8-10-19(11-9-18)16-6-4-5-14(13(2)20)15(16)12-17;1-3-7-17-8-10-18(11-9-17)14-6-4-5-13(12(2)19)15(14)16;1-3-16-7-9-17(10-8-16)13-6-4-5-12(11(2)18)14(13)15/h3-6H,1,7-11H2,2H3;4-6H,3,7-11H2,1-2H3;4-6H,3,7-10H2,1-2H3. The molecule has 3 heterocycles. The van der Waals surface area contributed by atoms with Gasteiger partial charge in [0.2, 0.25) is 0 Å². The number of anilines is 3. The van der Waals surface area contributed by atoms with Crippen LogP contribution in [0, 0.1) is 11.3 Å². The summed E-state index contributed by atoms with van der Waals surface area (Å²) >= 11 is 12.7. The van der Waals surface area contributed by atoms with E-state index in [2.05, 4.69) is 55.9 Å². The van der Waals surface area contributed by atoms with E-state index < -0.39 is 0 Å². The molecule has 3 aliphatic heterocycles. The van der Waals surface area contributed by atoms with Gasteiger partial charge in [0.15, 0.2) is 17.3 Å². The average molecular weight is 817 g/mol. The molecule has 3 saturated heterocycles. The number of halogens is 2. The van der Waals surface area contributed by atoms with Gasteiger partial charge in [0.1, 0.15) is 6.07 Å². The molecule has 0 aromatic heterocycles. The lowest BCUT2D eigenvalue weighted by Crippen LogP contribution is -2.46. The van der Waals surface area contributed by atoms with Crippen LogP contribution in [0.3, 0.4) is 0 Å². The minimum atomic E-state index is -0.0614. The van der Waals surface area contributed by atoms with Gasteiger partial charge in [0.25, 0.3) is 0 Å². The molecule has 3 aromatic rings. The minimum Gasteiger partial charge on any atom is -0.368 e. The smallest absolute Gasteiger partial charge is 0.161 e. The summed E-state index contributed by atoms with van der Waals surface area (Å²) in [6, 6.07) is 19.1. The molecule has 0 saturated carbocycles. The summed E-state index contributed by atoms with van der Waals surface area (Å²) in [6.45, 7) is 27.6. The molecule has 0 unspecified atom stereocenters. The molecule has 0 N–H and O–H groups in total. The van der Waals surface area contributed by atoms with E-state index in [9.17, 15) is 19.6 Å². The highest BCUT2D eigenvalue weighted by atomic mass is 35.5.